The van der Waals surface area contributed by atoms with Crippen molar-refractivity contribution < 1.29 is 0 Å². The molecule has 0 radical (unpaired) electrons. The van der Waals surface area contributed by atoms with Gasteiger partial charge in [-0.05, 0) is 51.1 Å². The van der Waals surface area contributed by atoms with E-state index in [0.717, 1.165) is 30.9 Å². The van der Waals surface area contributed by atoms with Crippen molar-refractivity contribution in [2.45, 2.75) is 51.9 Å². The van der Waals surface area contributed by atoms with Crippen LogP contribution in [0.4, 0.5) is 0 Å². The van der Waals surface area contributed by atoms with Gasteiger partial charge in [0.05, 0.1) is 0 Å². The topological polar surface area (TPSA) is 42.9 Å². The zero-order valence-corrected chi connectivity index (χ0v) is 16.9. The van der Waals surface area contributed by atoms with Crippen molar-refractivity contribution in [2.75, 3.05) is 59.9 Å². The molecule has 2 N–H and O–H groups in total. The van der Waals surface area contributed by atoms with Gasteiger partial charge in [0.15, 0.2) is 5.96 Å². The lowest BCUT2D eigenvalue weighted by molar-refractivity contribution is 0.152. The van der Waals surface area contributed by atoms with Gasteiger partial charge in [0, 0.05) is 46.3 Å². The van der Waals surface area contributed by atoms with Crippen LogP contribution in [0.5, 0.6) is 0 Å². The Morgan fingerprint density at radius 2 is 1.80 bits per heavy atom. The fourth-order valence-electron chi connectivity index (χ4n) is 4.18. The molecule has 146 valence electrons. The van der Waals surface area contributed by atoms with E-state index in [9.17, 15) is 0 Å². The predicted molar refractivity (Wildman–Crippen MR) is 108 cm³/mol. The van der Waals surface area contributed by atoms with E-state index in [2.05, 4.69) is 39.4 Å². The van der Waals surface area contributed by atoms with Crippen LogP contribution in [-0.4, -0.2) is 75.7 Å². The van der Waals surface area contributed by atoms with Crippen LogP contribution in [0.25, 0.3) is 0 Å². The first-order valence-corrected chi connectivity index (χ1v) is 10.5. The van der Waals surface area contributed by atoms with Crippen LogP contribution in [0.2, 0.25) is 0 Å². The van der Waals surface area contributed by atoms with Crippen molar-refractivity contribution in [3.8, 4) is 0 Å². The van der Waals surface area contributed by atoms with Gasteiger partial charge in [-0.3, -0.25) is 4.99 Å². The van der Waals surface area contributed by atoms with Crippen molar-refractivity contribution in [1.29, 1.82) is 0 Å². The number of guanidine groups is 1. The van der Waals surface area contributed by atoms with E-state index in [0.29, 0.717) is 0 Å². The standard InChI is InChI=1S/C20H41N5/c1-18-7-6-8-19(17-18)9-11-23-20(21-2)22-10-4-5-12-25-15-13-24(3)14-16-25/h18-19H,4-17H2,1-3H3,(H2,21,22,23). The van der Waals surface area contributed by atoms with Gasteiger partial charge in [0.25, 0.3) is 0 Å². The van der Waals surface area contributed by atoms with Crippen LogP contribution in [0.1, 0.15) is 51.9 Å². The van der Waals surface area contributed by atoms with Crippen LogP contribution >= 0.6 is 0 Å². The molecule has 2 unspecified atom stereocenters. The summed E-state index contributed by atoms with van der Waals surface area (Å²) in [6.07, 6.45) is 9.47. The first kappa shape index (κ1) is 20.5. The highest BCUT2D eigenvalue weighted by Gasteiger charge is 2.18. The zero-order chi connectivity index (χ0) is 17.9. The molecular weight excluding hydrogens is 310 g/mol. The third-order valence-electron chi connectivity index (χ3n) is 5.90. The van der Waals surface area contributed by atoms with E-state index >= 15 is 0 Å². The first-order chi connectivity index (χ1) is 12.2. The van der Waals surface area contributed by atoms with E-state index in [4.69, 9.17) is 0 Å². The second-order valence-corrected chi connectivity index (χ2v) is 8.20. The maximum Gasteiger partial charge on any atom is 0.190 e. The van der Waals surface area contributed by atoms with Crippen molar-refractivity contribution in [3.63, 3.8) is 0 Å². The second-order valence-electron chi connectivity index (χ2n) is 8.20. The number of unbranched alkanes of at least 4 members (excludes halogenated alkanes) is 1. The normalized spacial score (nSPS) is 26.6. The van der Waals surface area contributed by atoms with Gasteiger partial charge in [-0.15, -0.1) is 0 Å². The van der Waals surface area contributed by atoms with Crippen molar-refractivity contribution in [1.82, 2.24) is 20.4 Å². The Morgan fingerprint density at radius 1 is 1.04 bits per heavy atom. The van der Waals surface area contributed by atoms with Gasteiger partial charge < -0.3 is 20.4 Å². The number of hydrogen-bond acceptors (Lipinski definition) is 3. The molecule has 25 heavy (non-hydrogen) atoms. The molecule has 1 saturated heterocycles. The monoisotopic (exact) mass is 351 g/mol. The molecule has 0 aromatic heterocycles. The van der Waals surface area contributed by atoms with Crippen molar-refractivity contribution in [2.24, 2.45) is 16.8 Å². The molecule has 1 saturated carbocycles. The summed E-state index contributed by atoms with van der Waals surface area (Å²) in [5.41, 5.74) is 0. The second kappa shape index (κ2) is 11.7. The summed E-state index contributed by atoms with van der Waals surface area (Å²) in [5, 5.41) is 6.97. The summed E-state index contributed by atoms with van der Waals surface area (Å²) in [6.45, 7) is 10.6. The predicted octanol–water partition coefficient (Wildman–Crippen LogP) is 2.40. The lowest BCUT2D eigenvalue weighted by Gasteiger charge is -2.32. The third-order valence-corrected chi connectivity index (χ3v) is 5.90. The molecule has 0 amide bonds. The molecule has 5 heteroatoms. The summed E-state index contributed by atoms with van der Waals surface area (Å²) in [4.78, 5) is 9.37. The van der Waals surface area contributed by atoms with E-state index < -0.39 is 0 Å². The molecule has 1 heterocycles. The highest BCUT2D eigenvalue weighted by atomic mass is 15.2. The van der Waals surface area contributed by atoms with Gasteiger partial charge in [0.2, 0.25) is 0 Å². The Labute approximate surface area is 155 Å². The van der Waals surface area contributed by atoms with E-state index in [1.165, 1.54) is 77.7 Å². The largest absolute Gasteiger partial charge is 0.356 e. The number of likely N-dealkylation sites (N-methyl/N-ethyl adjacent to an activating group) is 1. The third kappa shape index (κ3) is 8.41. The van der Waals surface area contributed by atoms with E-state index in [-0.39, 0.29) is 0 Å². The van der Waals surface area contributed by atoms with E-state index in [1.807, 2.05) is 7.05 Å². The van der Waals surface area contributed by atoms with Gasteiger partial charge >= 0.3 is 0 Å². The van der Waals surface area contributed by atoms with Crippen LogP contribution in [0.15, 0.2) is 4.99 Å². The molecule has 0 aromatic carbocycles. The van der Waals surface area contributed by atoms with Crippen LogP contribution < -0.4 is 10.6 Å². The quantitative estimate of drug-likeness (QED) is 0.400. The lowest BCUT2D eigenvalue weighted by atomic mass is 9.81. The summed E-state index contributed by atoms with van der Waals surface area (Å²) in [7, 11) is 4.09. The average molecular weight is 352 g/mol. The summed E-state index contributed by atoms with van der Waals surface area (Å²) in [6, 6.07) is 0. The maximum absolute atomic E-state index is 4.36. The van der Waals surface area contributed by atoms with Gasteiger partial charge in [-0.2, -0.15) is 0 Å². The number of piperazine rings is 1. The molecule has 1 aliphatic carbocycles. The molecule has 0 bridgehead atoms. The van der Waals surface area contributed by atoms with Crippen molar-refractivity contribution >= 4 is 5.96 Å². The van der Waals surface area contributed by atoms with Gasteiger partial charge in [-0.25, -0.2) is 0 Å². The molecular formula is C20H41N5. The molecule has 1 aliphatic heterocycles. The van der Waals surface area contributed by atoms with Crippen LogP contribution in [0, 0.1) is 11.8 Å². The number of nitrogens with one attached hydrogen (secondary N) is 2. The fraction of sp³-hybridized carbons (Fsp3) is 0.950. The smallest absolute Gasteiger partial charge is 0.190 e. The minimum atomic E-state index is 0.915. The molecule has 2 aliphatic rings. The highest BCUT2D eigenvalue weighted by molar-refractivity contribution is 5.79. The van der Waals surface area contributed by atoms with Gasteiger partial charge in [-0.1, -0.05) is 26.2 Å². The Bertz CT molecular complexity index is 376. The minimum absolute atomic E-state index is 0.915. The molecule has 0 spiro atoms. The summed E-state index contributed by atoms with van der Waals surface area (Å²) >= 11 is 0. The SMILES string of the molecule is CN=C(NCCCCN1CCN(C)CC1)NCCC1CCCC(C)C1. The Kier molecular flexibility index (Phi) is 9.63. The number of hydrogen-bond donors (Lipinski definition) is 2. The van der Waals surface area contributed by atoms with Gasteiger partial charge in [0.1, 0.15) is 0 Å². The summed E-state index contributed by atoms with van der Waals surface area (Å²) in [5.74, 6) is 2.82. The Hall–Kier alpha value is -0.810. The molecule has 2 fully saturated rings. The maximum atomic E-state index is 4.36. The van der Waals surface area contributed by atoms with E-state index in [1.54, 1.807) is 0 Å². The fourth-order valence-corrected chi connectivity index (χ4v) is 4.18. The number of rotatable bonds is 8. The Morgan fingerprint density at radius 3 is 2.52 bits per heavy atom. The number of aliphatic imine (C=N–C) groups is 1. The summed E-state index contributed by atoms with van der Waals surface area (Å²) < 4.78 is 0. The Balaban J connectivity index is 1.47. The molecule has 2 atom stereocenters. The van der Waals surface area contributed by atoms with Crippen LogP contribution in [-0.2, 0) is 0 Å². The lowest BCUT2D eigenvalue weighted by Crippen LogP contribution is -2.44. The molecule has 5 nitrogen and oxygen atoms in total. The average Bonchev–Trinajstić information content (AvgIpc) is 2.61. The minimum Gasteiger partial charge on any atom is -0.356 e. The molecule has 2 rings (SSSR count). The van der Waals surface area contributed by atoms with Crippen molar-refractivity contribution in [3.05, 3.63) is 0 Å². The number of nitrogens with zero attached hydrogens (tertiary/aromatic N) is 3. The molecule has 0 aromatic rings. The highest BCUT2D eigenvalue weighted by Crippen LogP contribution is 2.30. The zero-order valence-electron chi connectivity index (χ0n) is 16.9. The van der Waals surface area contributed by atoms with Crippen LogP contribution in [0.3, 0.4) is 0 Å². The first-order valence-electron chi connectivity index (χ1n) is 10.5.